The lowest BCUT2D eigenvalue weighted by atomic mass is 10.1. The van der Waals surface area contributed by atoms with Crippen LogP contribution in [0.15, 0.2) is 30.6 Å². The Labute approximate surface area is 158 Å². The lowest BCUT2D eigenvalue weighted by Gasteiger charge is -2.23. The summed E-state index contributed by atoms with van der Waals surface area (Å²) in [6, 6.07) is 3.47. The third-order valence-electron chi connectivity index (χ3n) is 4.53. The van der Waals surface area contributed by atoms with Gasteiger partial charge < -0.3 is 15.4 Å². The van der Waals surface area contributed by atoms with Gasteiger partial charge in [-0.3, -0.25) is 4.79 Å². The van der Waals surface area contributed by atoms with E-state index in [-0.39, 0.29) is 29.2 Å². The predicted octanol–water partition coefficient (Wildman–Crippen LogP) is 3.41. The summed E-state index contributed by atoms with van der Waals surface area (Å²) >= 11 is 0. The monoisotopic (exact) mass is 398 g/mol. The number of halogens is 4. The number of aromatic nitrogens is 2. The minimum absolute atomic E-state index is 0.119. The van der Waals surface area contributed by atoms with Crippen molar-refractivity contribution in [1.29, 1.82) is 0 Å². The molecule has 28 heavy (non-hydrogen) atoms. The van der Waals surface area contributed by atoms with Crippen LogP contribution < -0.4 is 15.4 Å². The van der Waals surface area contributed by atoms with Crippen molar-refractivity contribution in [2.45, 2.75) is 37.5 Å². The zero-order valence-electron chi connectivity index (χ0n) is 14.9. The number of ether oxygens (including phenoxy) is 1. The summed E-state index contributed by atoms with van der Waals surface area (Å²) in [6.07, 6.45) is -0.829. The quantitative estimate of drug-likeness (QED) is 0.755. The molecule has 1 saturated carbocycles. The van der Waals surface area contributed by atoms with E-state index in [1.807, 2.05) is 0 Å². The number of amides is 1. The fourth-order valence-corrected chi connectivity index (χ4v) is 3.18. The number of methoxy groups -OCH3 is 1. The molecule has 150 valence electrons. The summed E-state index contributed by atoms with van der Waals surface area (Å²) in [5, 5.41) is 5.76. The van der Waals surface area contributed by atoms with Crippen molar-refractivity contribution in [3.63, 3.8) is 0 Å². The highest BCUT2D eigenvalue weighted by molar-refractivity contribution is 5.97. The molecule has 0 aliphatic heterocycles. The first-order chi connectivity index (χ1) is 13.3. The molecule has 1 aromatic heterocycles. The highest BCUT2D eigenvalue weighted by Crippen LogP contribution is 2.28. The number of carbonyl (C=O) groups is 1. The number of hydrogen-bond donors (Lipinski definition) is 2. The van der Waals surface area contributed by atoms with Crippen LogP contribution in [0.2, 0.25) is 0 Å². The Bertz CT molecular complexity index is 842. The molecule has 2 aromatic rings. The van der Waals surface area contributed by atoms with Gasteiger partial charge in [0.15, 0.2) is 5.69 Å². The molecule has 0 spiro atoms. The number of alkyl halides is 3. The number of carbonyl (C=O) groups excluding carboxylic acids is 1. The number of nitrogens with zero attached hydrogens (tertiary/aromatic N) is 2. The van der Waals surface area contributed by atoms with Gasteiger partial charge in [-0.2, -0.15) is 13.2 Å². The Morgan fingerprint density at radius 2 is 1.93 bits per heavy atom. The van der Waals surface area contributed by atoms with E-state index in [4.69, 9.17) is 4.74 Å². The second kappa shape index (κ2) is 7.99. The first-order valence-corrected chi connectivity index (χ1v) is 8.58. The van der Waals surface area contributed by atoms with Crippen LogP contribution in [0.4, 0.5) is 23.4 Å². The highest BCUT2D eigenvalue weighted by Gasteiger charge is 2.34. The van der Waals surface area contributed by atoms with Crippen LogP contribution in [0.25, 0.3) is 0 Å². The molecule has 1 heterocycles. The largest absolute Gasteiger partial charge is 0.496 e. The zero-order valence-corrected chi connectivity index (χ0v) is 14.9. The SMILES string of the molecule is COc1cccc(F)c1C(=O)NC1CCC[C@@H]1Nc1cnc(C(F)(F)F)cn1. The smallest absolute Gasteiger partial charge is 0.434 e. The van der Waals surface area contributed by atoms with Crippen LogP contribution in [0, 0.1) is 5.82 Å². The van der Waals surface area contributed by atoms with Gasteiger partial charge in [-0.25, -0.2) is 14.4 Å². The molecule has 1 fully saturated rings. The lowest BCUT2D eigenvalue weighted by Crippen LogP contribution is -2.43. The predicted molar refractivity (Wildman–Crippen MR) is 92.5 cm³/mol. The van der Waals surface area contributed by atoms with E-state index in [0.29, 0.717) is 19.0 Å². The maximum atomic E-state index is 14.1. The molecule has 1 aliphatic carbocycles. The average Bonchev–Trinajstić information content (AvgIpc) is 3.07. The first-order valence-electron chi connectivity index (χ1n) is 8.58. The van der Waals surface area contributed by atoms with Crippen LogP contribution in [0.1, 0.15) is 35.3 Å². The van der Waals surface area contributed by atoms with Crippen molar-refractivity contribution in [3.05, 3.63) is 47.7 Å². The fourth-order valence-electron chi connectivity index (χ4n) is 3.18. The van der Waals surface area contributed by atoms with Gasteiger partial charge in [0.25, 0.3) is 5.91 Å². The number of rotatable bonds is 5. The van der Waals surface area contributed by atoms with Gasteiger partial charge in [0.2, 0.25) is 0 Å². The van der Waals surface area contributed by atoms with Crippen LogP contribution >= 0.6 is 0 Å². The van der Waals surface area contributed by atoms with Gasteiger partial charge in [0.1, 0.15) is 22.9 Å². The molecule has 0 radical (unpaired) electrons. The van der Waals surface area contributed by atoms with E-state index >= 15 is 0 Å². The second-order valence-corrected chi connectivity index (χ2v) is 6.36. The number of nitrogens with one attached hydrogen (secondary N) is 2. The van der Waals surface area contributed by atoms with Crippen molar-refractivity contribution >= 4 is 11.7 Å². The molecule has 2 atom stereocenters. The molecule has 1 unspecified atom stereocenters. The van der Waals surface area contributed by atoms with Gasteiger partial charge in [-0.15, -0.1) is 0 Å². The fraction of sp³-hybridized carbons (Fsp3) is 0.389. The molecular formula is C18H18F4N4O2. The van der Waals surface area contributed by atoms with Crippen molar-refractivity contribution in [2.24, 2.45) is 0 Å². The molecule has 1 aromatic carbocycles. The minimum atomic E-state index is -4.56. The number of hydrogen-bond acceptors (Lipinski definition) is 5. The molecule has 0 bridgehead atoms. The van der Waals surface area contributed by atoms with Gasteiger partial charge >= 0.3 is 6.18 Å². The standard InChI is InChI=1S/C18H18F4N4O2/c1-28-13-7-2-4-10(19)16(13)17(27)26-12-6-3-5-11(12)25-15-9-23-14(8-24-15)18(20,21)22/h2,4,7-9,11-12H,3,5-6H2,1H3,(H,24,25)(H,26,27)/t11-,12?/m0/s1. The van der Waals surface area contributed by atoms with E-state index in [1.165, 1.54) is 25.3 Å². The molecule has 0 saturated heterocycles. The average molecular weight is 398 g/mol. The summed E-state index contributed by atoms with van der Waals surface area (Å²) in [7, 11) is 1.34. The maximum absolute atomic E-state index is 14.1. The summed E-state index contributed by atoms with van der Waals surface area (Å²) in [4.78, 5) is 19.6. The van der Waals surface area contributed by atoms with Crippen molar-refractivity contribution < 1.29 is 27.1 Å². The first kappa shape index (κ1) is 19.8. The molecule has 2 N–H and O–H groups in total. The molecule has 3 rings (SSSR count). The zero-order chi connectivity index (χ0) is 20.3. The Morgan fingerprint density at radius 1 is 1.18 bits per heavy atom. The summed E-state index contributed by atoms with van der Waals surface area (Å²) in [5.74, 6) is -1.03. The Balaban J connectivity index is 1.69. The normalized spacial score (nSPS) is 19.3. The van der Waals surface area contributed by atoms with E-state index < -0.39 is 23.6 Å². The van der Waals surface area contributed by atoms with Crippen LogP contribution in [0.5, 0.6) is 5.75 Å². The molecule has 1 aliphatic rings. The van der Waals surface area contributed by atoms with E-state index in [1.54, 1.807) is 0 Å². The lowest BCUT2D eigenvalue weighted by molar-refractivity contribution is -0.141. The summed E-state index contributed by atoms with van der Waals surface area (Å²) < 4.78 is 56.8. The third-order valence-corrected chi connectivity index (χ3v) is 4.53. The maximum Gasteiger partial charge on any atom is 0.434 e. The van der Waals surface area contributed by atoms with Gasteiger partial charge in [0, 0.05) is 12.1 Å². The van der Waals surface area contributed by atoms with E-state index in [2.05, 4.69) is 20.6 Å². The molecular weight excluding hydrogens is 380 g/mol. The Hall–Kier alpha value is -2.91. The van der Waals surface area contributed by atoms with E-state index in [9.17, 15) is 22.4 Å². The molecule has 1 amide bonds. The van der Waals surface area contributed by atoms with E-state index in [0.717, 1.165) is 12.6 Å². The van der Waals surface area contributed by atoms with Gasteiger partial charge in [0.05, 0.1) is 19.5 Å². The van der Waals surface area contributed by atoms with Crippen LogP contribution in [-0.2, 0) is 6.18 Å². The van der Waals surface area contributed by atoms with Gasteiger partial charge in [-0.1, -0.05) is 6.07 Å². The van der Waals surface area contributed by atoms with Crippen molar-refractivity contribution in [1.82, 2.24) is 15.3 Å². The summed E-state index contributed by atoms with van der Waals surface area (Å²) in [5.41, 5.74) is -1.27. The third kappa shape index (κ3) is 4.32. The van der Waals surface area contributed by atoms with Crippen LogP contribution in [-0.4, -0.2) is 35.1 Å². The van der Waals surface area contributed by atoms with Crippen molar-refractivity contribution in [2.75, 3.05) is 12.4 Å². The van der Waals surface area contributed by atoms with Crippen molar-refractivity contribution in [3.8, 4) is 5.75 Å². The Kier molecular flexibility index (Phi) is 5.66. The topological polar surface area (TPSA) is 76.1 Å². The summed E-state index contributed by atoms with van der Waals surface area (Å²) in [6.45, 7) is 0. The number of benzene rings is 1. The highest BCUT2D eigenvalue weighted by atomic mass is 19.4. The minimum Gasteiger partial charge on any atom is -0.496 e. The van der Waals surface area contributed by atoms with Crippen LogP contribution in [0.3, 0.4) is 0 Å². The second-order valence-electron chi connectivity index (χ2n) is 6.36. The molecule has 10 heteroatoms. The number of anilines is 1. The Morgan fingerprint density at radius 3 is 2.57 bits per heavy atom. The van der Waals surface area contributed by atoms with Gasteiger partial charge in [-0.05, 0) is 31.4 Å². The molecule has 6 nitrogen and oxygen atoms in total.